The monoisotopic (exact) mass is 349 g/mol. The van der Waals surface area contributed by atoms with Gasteiger partial charge < -0.3 is 9.47 Å². The molecule has 2 aromatic heterocycles. The van der Waals surface area contributed by atoms with Crippen LogP contribution in [0.4, 0.5) is 0 Å². The summed E-state index contributed by atoms with van der Waals surface area (Å²) in [6, 6.07) is 0. The molecule has 128 valence electrons. The highest BCUT2D eigenvalue weighted by atomic mass is 32.1. The van der Waals surface area contributed by atoms with Gasteiger partial charge in [-0.2, -0.15) is 0 Å². The van der Waals surface area contributed by atoms with Crippen LogP contribution in [-0.4, -0.2) is 40.7 Å². The second-order valence-corrected chi connectivity index (χ2v) is 6.91. The van der Waals surface area contributed by atoms with Crippen molar-refractivity contribution in [2.75, 3.05) is 14.2 Å². The lowest BCUT2D eigenvalue weighted by atomic mass is 10.0. The van der Waals surface area contributed by atoms with E-state index in [1.165, 1.54) is 18.4 Å². The third kappa shape index (κ3) is 2.65. The van der Waals surface area contributed by atoms with Crippen molar-refractivity contribution in [3.8, 4) is 5.00 Å². The Morgan fingerprint density at radius 1 is 1.29 bits per heavy atom. The normalized spacial score (nSPS) is 16.2. The Hall–Kier alpha value is -2.06. The average molecular weight is 349 g/mol. The molecule has 1 atom stereocenters. The Kier molecular flexibility index (Phi) is 4.51. The molecule has 1 aliphatic rings. The van der Waals surface area contributed by atoms with E-state index in [0.717, 1.165) is 15.4 Å². The molecule has 0 bridgehead atoms. The highest BCUT2D eigenvalue weighted by Crippen LogP contribution is 2.41. The Balaban J connectivity index is 2.14. The van der Waals surface area contributed by atoms with E-state index < -0.39 is 5.97 Å². The first-order valence-corrected chi connectivity index (χ1v) is 8.43. The first-order valence-electron chi connectivity index (χ1n) is 7.61. The summed E-state index contributed by atoms with van der Waals surface area (Å²) in [5, 5.41) is 8.96. The molecule has 0 saturated heterocycles. The third-order valence-corrected chi connectivity index (χ3v) is 5.53. The van der Waals surface area contributed by atoms with Crippen LogP contribution < -0.4 is 0 Å². The van der Waals surface area contributed by atoms with E-state index in [-0.39, 0.29) is 11.7 Å². The predicted octanol–water partition coefficient (Wildman–Crippen LogP) is 1.87. The summed E-state index contributed by atoms with van der Waals surface area (Å²) in [6.07, 6.45) is 1.24. The molecule has 2 aromatic rings. The van der Waals surface area contributed by atoms with Gasteiger partial charge >= 0.3 is 5.97 Å². The van der Waals surface area contributed by atoms with E-state index >= 15 is 0 Å². The molecule has 0 aromatic carbocycles. The third-order valence-electron chi connectivity index (χ3n) is 4.29. The number of hydrogen-bond acceptors (Lipinski definition) is 7. The summed E-state index contributed by atoms with van der Waals surface area (Å²) in [4.78, 5) is 25.2. The van der Waals surface area contributed by atoms with Crippen LogP contribution in [0.15, 0.2) is 0 Å². The molecule has 24 heavy (non-hydrogen) atoms. The summed E-state index contributed by atoms with van der Waals surface area (Å²) in [5.74, 6) is 1.00. The van der Waals surface area contributed by atoms with Crippen molar-refractivity contribution in [1.29, 1.82) is 0 Å². The summed E-state index contributed by atoms with van der Waals surface area (Å²) < 4.78 is 12.0. The summed E-state index contributed by atoms with van der Waals surface area (Å²) in [5.41, 5.74) is 1.43. The van der Waals surface area contributed by atoms with Crippen LogP contribution in [0, 0.1) is 12.8 Å². The number of methoxy groups -OCH3 is 2. The first-order chi connectivity index (χ1) is 11.5. The fourth-order valence-corrected chi connectivity index (χ4v) is 4.54. The molecule has 0 aliphatic heterocycles. The quantitative estimate of drug-likeness (QED) is 0.767. The van der Waals surface area contributed by atoms with Gasteiger partial charge in [0, 0.05) is 17.9 Å². The fraction of sp³-hybridized carbons (Fsp3) is 0.500. The maximum absolute atomic E-state index is 12.4. The van der Waals surface area contributed by atoms with Gasteiger partial charge in [-0.15, -0.1) is 21.5 Å². The molecular weight excluding hydrogens is 330 g/mol. The number of Topliss-reactive ketones (excluding diaryl/α,β-unsaturated/α-hetero) is 1. The molecule has 0 radical (unpaired) electrons. The number of thiophene rings is 1. The standard InChI is InChI=1S/C16H19N3O4S/c1-8(20)10-5-11-12(6-10)24-15(14(11)16(21)23-4)19-9(2)17-18-13(19)7-22-3/h10H,5-7H2,1-4H3. The number of fused-ring (bicyclic) bond motifs is 1. The van der Waals surface area contributed by atoms with Gasteiger partial charge in [-0.25, -0.2) is 4.79 Å². The number of rotatable bonds is 5. The number of ether oxygens (including phenoxy) is 2. The van der Waals surface area contributed by atoms with Gasteiger partial charge in [-0.1, -0.05) is 0 Å². The van der Waals surface area contributed by atoms with Crippen LogP contribution in [0.25, 0.3) is 5.00 Å². The van der Waals surface area contributed by atoms with Gasteiger partial charge in [0.1, 0.15) is 23.2 Å². The van der Waals surface area contributed by atoms with Gasteiger partial charge in [-0.05, 0) is 32.3 Å². The van der Waals surface area contributed by atoms with Gasteiger partial charge in [0.15, 0.2) is 5.82 Å². The van der Waals surface area contributed by atoms with E-state index in [0.29, 0.717) is 36.7 Å². The number of aryl methyl sites for hydroxylation is 1. The van der Waals surface area contributed by atoms with Crippen molar-refractivity contribution in [2.45, 2.75) is 33.3 Å². The van der Waals surface area contributed by atoms with E-state index in [9.17, 15) is 9.59 Å². The Morgan fingerprint density at radius 3 is 2.67 bits per heavy atom. The highest BCUT2D eigenvalue weighted by molar-refractivity contribution is 7.15. The first kappa shape index (κ1) is 16.8. The van der Waals surface area contributed by atoms with E-state index in [2.05, 4.69) is 10.2 Å². The number of carbonyl (C=O) groups excluding carboxylic acids is 2. The van der Waals surface area contributed by atoms with Gasteiger partial charge in [-0.3, -0.25) is 9.36 Å². The van der Waals surface area contributed by atoms with Gasteiger partial charge in [0.05, 0.1) is 12.7 Å². The zero-order chi connectivity index (χ0) is 17.4. The smallest absolute Gasteiger partial charge is 0.341 e. The number of nitrogens with zero attached hydrogens (tertiary/aromatic N) is 3. The number of esters is 1. The minimum absolute atomic E-state index is 0.0517. The molecule has 8 heteroatoms. The highest BCUT2D eigenvalue weighted by Gasteiger charge is 2.35. The van der Waals surface area contributed by atoms with Gasteiger partial charge in [0.2, 0.25) is 0 Å². The molecule has 2 heterocycles. The van der Waals surface area contributed by atoms with Crippen LogP contribution >= 0.6 is 11.3 Å². The lowest BCUT2D eigenvalue weighted by molar-refractivity contribution is -0.120. The largest absolute Gasteiger partial charge is 0.465 e. The number of carbonyl (C=O) groups is 2. The second kappa shape index (κ2) is 6.45. The number of aromatic nitrogens is 3. The zero-order valence-electron chi connectivity index (χ0n) is 14.1. The zero-order valence-corrected chi connectivity index (χ0v) is 14.9. The molecule has 3 rings (SSSR count). The average Bonchev–Trinajstić information content (AvgIpc) is 3.19. The maximum Gasteiger partial charge on any atom is 0.341 e. The van der Waals surface area contributed by atoms with Crippen LogP contribution in [0.5, 0.6) is 0 Å². The molecule has 1 unspecified atom stereocenters. The Labute approximate surface area is 143 Å². The lowest BCUT2D eigenvalue weighted by Crippen LogP contribution is -2.14. The van der Waals surface area contributed by atoms with Gasteiger partial charge in [0.25, 0.3) is 0 Å². The Morgan fingerprint density at radius 2 is 2.04 bits per heavy atom. The minimum Gasteiger partial charge on any atom is -0.465 e. The molecule has 0 fully saturated rings. The van der Waals surface area contributed by atoms with Crippen molar-refractivity contribution in [3.63, 3.8) is 0 Å². The molecule has 1 aliphatic carbocycles. The molecule has 0 spiro atoms. The van der Waals surface area contributed by atoms with E-state index in [1.54, 1.807) is 14.0 Å². The van der Waals surface area contributed by atoms with Crippen molar-refractivity contribution >= 4 is 23.1 Å². The van der Waals surface area contributed by atoms with Crippen LogP contribution in [-0.2, 0) is 33.7 Å². The predicted molar refractivity (Wildman–Crippen MR) is 87.6 cm³/mol. The van der Waals surface area contributed by atoms with Crippen molar-refractivity contribution in [3.05, 3.63) is 27.7 Å². The van der Waals surface area contributed by atoms with Crippen molar-refractivity contribution in [1.82, 2.24) is 14.8 Å². The molecule has 0 saturated carbocycles. The van der Waals surface area contributed by atoms with E-state index in [4.69, 9.17) is 9.47 Å². The molecule has 0 N–H and O–H groups in total. The molecular formula is C16H19N3O4S. The summed E-state index contributed by atoms with van der Waals surface area (Å²) in [6.45, 7) is 3.72. The topological polar surface area (TPSA) is 83.3 Å². The SMILES string of the molecule is COCc1nnc(C)n1-c1sc2c(c1C(=O)OC)CC(C(C)=O)C2. The van der Waals surface area contributed by atoms with Crippen molar-refractivity contribution in [2.24, 2.45) is 5.92 Å². The second-order valence-electron chi connectivity index (χ2n) is 5.82. The summed E-state index contributed by atoms with van der Waals surface area (Å²) >= 11 is 1.50. The fourth-order valence-electron chi connectivity index (χ4n) is 3.07. The number of ketones is 1. The van der Waals surface area contributed by atoms with Crippen LogP contribution in [0.3, 0.4) is 0 Å². The lowest BCUT2D eigenvalue weighted by Gasteiger charge is -2.11. The molecule has 0 amide bonds. The maximum atomic E-state index is 12.4. The van der Waals surface area contributed by atoms with Crippen molar-refractivity contribution < 1.29 is 19.1 Å². The minimum atomic E-state index is -0.400. The Bertz CT molecular complexity index is 809. The van der Waals surface area contributed by atoms with Crippen LogP contribution in [0.2, 0.25) is 0 Å². The summed E-state index contributed by atoms with van der Waals surface area (Å²) in [7, 11) is 2.95. The van der Waals surface area contributed by atoms with Crippen LogP contribution in [0.1, 0.15) is 39.4 Å². The molecule has 7 nitrogen and oxygen atoms in total. The number of hydrogen-bond donors (Lipinski definition) is 0. The van der Waals surface area contributed by atoms with E-state index in [1.807, 2.05) is 11.5 Å².